The molecule has 0 saturated carbocycles. The van der Waals surface area contributed by atoms with Crippen molar-refractivity contribution in [1.29, 1.82) is 0 Å². The molecule has 6 heteroatoms. The molecule has 0 spiro atoms. The Morgan fingerprint density at radius 1 is 1.00 bits per heavy atom. The van der Waals surface area contributed by atoms with Crippen LogP contribution in [0.5, 0.6) is 5.75 Å². The molecular weight excluding hydrogens is 325 g/mol. The first-order valence-corrected chi connectivity index (χ1v) is 7.99. The number of aliphatic carboxylic acids is 1. The number of amides is 1. The summed E-state index contributed by atoms with van der Waals surface area (Å²) in [5.41, 5.74) is 1.36. The molecule has 0 radical (unpaired) electrons. The first-order valence-electron chi connectivity index (χ1n) is 7.99. The van der Waals surface area contributed by atoms with Gasteiger partial charge in [0.25, 0.3) is 0 Å². The number of hydrogen-bond acceptors (Lipinski definition) is 3. The van der Waals surface area contributed by atoms with E-state index in [-0.39, 0.29) is 31.2 Å². The quantitative estimate of drug-likeness (QED) is 0.733. The van der Waals surface area contributed by atoms with Gasteiger partial charge in [0.15, 0.2) is 0 Å². The van der Waals surface area contributed by atoms with Crippen LogP contribution in [0.1, 0.15) is 24.0 Å². The average molecular weight is 345 g/mol. The molecule has 0 heterocycles. The van der Waals surface area contributed by atoms with Gasteiger partial charge in [0, 0.05) is 18.5 Å². The Labute approximate surface area is 145 Å². The van der Waals surface area contributed by atoms with E-state index in [1.807, 2.05) is 18.2 Å². The number of halogens is 1. The van der Waals surface area contributed by atoms with Gasteiger partial charge in [-0.25, -0.2) is 4.39 Å². The average Bonchev–Trinajstić information content (AvgIpc) is 2.60. The third kappa shape index (κ3) is 6.25. The molecule has 0 saturated heterocycles. The number of rotatable bonds is 9. The summed E-state index contributed by atoms with van der Waals surface area (Å²) in [4.78, 5) is 22.0. The van der Waals surface area contributed by atoms with E-state index in [9.17, 15) is 14.0 Å². The number of benzene rings is 2. The molecule has 2 aromatic carbocycles. The summed E-state index contributed by atoms with van der Waals surface area (Å²) in [5.74, 6) is -0.981. The maximum atomic E-state index is 13.6. The van der Waals surface area contributed by atoms with Crippen LogP contribution in [0, 0.1) is 5.82 Å². The summed E-state index contributed by atoms with van der Waals surface area (Å²) in [6.07, 6.45) is 0.307. The van der Waals surface area contributed by atoms with Crippen LogP contribution < -0.4 is 10.1 Å². The van der Waals surface area contributed by atoms with Crippen LogP contribution in [-0.2, 0) is 22.6 Å². The summed E-state index contributed by atoms with van der Waals surface area (Å²) in [7, 11) is 0. The minimum atomic E-state index is -0.998. The van der Waals surface area contributed by atoms with Crippen LogP contribution in [-0.4, -0.2) is 23.5 Å². The number of carbonyl (C=O) groups is 2. The third-order valence-electron chi connectivity index (χ3n) is 3.60. The van der Waals surface area contributed by atoms with Crippen molar-refractivity contribution in [2.75, 3.05) is 6.54 Å². The third-order valence-corrected chi connectivity index (χ3v) is 3.60. The molecule has 0 aromatic heterocycles. The molecule has 0 aliphatic carbocycles. The SMILES string of the molecule is O=C(O)CCC(=O)NCCc1ccccc1OCc1ccccc1F. The zero-order valence-electron chi connectivity index (χ0n) is 13.7. The molecule has 2 aromatic rings. The van der Waals surface area contributed by atoms with Gasteiger partial charge in [-0.05, 0) is 24.1 Å². The Hall–Kier alpha value is -2.89. The number of carboxylic acids is 1. The van der Waals surface area contributed by atoms with Gasteiger partial charge in [-0.3, -0.25) is 9.59 Å². The molecule has 0 aliphatic heterocycles. The van der Waals surface area contributed by atoms with E-state index in [0.29, 0.717) is 24.3 Å². The van der Waals surface area contributed by atoms with E-state index < -0.39 is 5.97 Å². The van der Waals surface area contributed by atoms with Gasteiger partial charge in [0.2, 0.25) is 5.91 Å². The number of hydrogen-bond donors (Lipinski definition) is 2. The lowest BCUT2D eigenvalue weighted by molar-refractivity contribution is -0.138. The van der Waals surface area contributed by atoms with Gasteiger partial charge in [0.05, 0.1) is 6.42 Å². The van der Waals surface area contributed by atoms with Crippen LogP contribution in [0.3, 0.4) is 0 Å². The van der Waals surface area contributed by atoms with E-state index >= 15 is 0 Å². The van der Waals surface area contributed by atoms with Crippen LogP contribution in [0.25, 0.3) is 0 Å². The molecule has 2 N–H and O–H groups in total. The Balaban J connectivity index is 1.86. The number of carboxylic acid groups (broad SMARTS) is 1. The van der Waals surface area contributed by atoms with Gasteiger partial charge in [-0.15, -0.1) is 0 Å². The van der Waals surface area contributed by atoms with Crippen molar-refractivity contribution < 1.29 is 23.8 Å². The van der Waals surface area contributed by atoms with Crippen molar-refractivity contribution in [3.05, 3.63) is 65.5 Å². The van der Waals surface area contributed by atoms with E-state index in [1.54, 1.807) is 24.3 Å². The van der Waals surface area contributed by atoms with Crippen molar-refractivity contribution in [3.63, 3.8) is 0 Å². The molecule has 5 nitrogen and oxygen atoms in total. The summed E-state index contributed by atoms with van der Waals surface area (Å²) in [6.45, 7) is 0.493. The lowest BCUT2D eigenvalue weighted by Gasteiger charge is -2.12. The predicted molar refractivity (Wildman–Crippen MR) is 90.8 cm³/mol. The highest BCUT2D eigenvalue weighted by atomic mass is 19.1. The monoisotopic (exact) mass is 345 g/mol. The van der Waals surface area contributed by atoms with E-state index in [0.717, 1.165) is 5.56 Å². The van der Waals surface area contributed by atoms with Crippen molar-refractivity contribution >= 4 is 11.9 Å². The van der Waals surface area contributed by atoms with Gasteiger partial charge in [0.1, 0.15) is 18.2 Å². The fourth-order valence-corrected chi connectivity index (χ4v) is 2.27. The Morgan fingerprint density at radius 3 is 2.40 bits per heavy atom. The zero-order valence-corrected chi connectivity index (χ0v) is 13.7. The normalized spacial score (nSPS) is 10.3. The van der Waals surface area contributed by atoms with Crippen molar-refractivity contribution in [1.82, 2.24) is 5.32 Å². The minimum Gasteiger partial charge on any atom is -0.489 e. The highest BCUT2D eigenvalue weighted by Gasteiger charge is 2.08. The molecular formula is C19H20FNO4. The van der Waals surface area contributed by atoms with E-state index in [1.165, 1.54) is 6.07 Å². The topological polar surface area (TPSA) is 75.6 Å². The number of para-hydroxylation sites is 1. The molecule has 2 rings (SSSR count). The molecule has 132 valence electrons. The Morgan fingerprint density at radius 2 is 1.68 bits per heavy atom. The van der Waals surface area contributed by atoms with Crippen LogP contribution in [0.4, 0.5) is 4.39 Å². The van der Waals surface area contributed by atoms with Crippen LogP contribution in [0.15, 0.2) is 48.5 Å². The second kappa shape index (κ2) is 9.42. The lowest BCUT2D eigenvalue weighted by Crippen LogP contribution is -2.26. The number of carbonyl (C=O) groups excluding carboxylic acids is 1. The summed E-state index contributed by atoms with van der Waals surface area (Å²) in [6, 6.07) is 13.8. The number of ether oxygens (including phenoxy) is 1. The van der Waals surface area contributed by atoms with Gasteiger partial charge >= 0.3 is 5.97 Å². The zero-order chi connectivity index (χ0) is 18.1. The Bertz CT molecular complexity index is 733. The first kappa shape index (κ1) is 18.4. The highest BCUT2D eigenvalue weighted by Crippen LogP contribution is 2.20. The highest BCUT2D eigenvalue weighted by molar-refractivity contribution is 5.80. The molecule has 0 aliphatic rings. The summed E-state index contributed by atoms with van der Waals surface area (Å²) < 4.78 is 19.4. The molecule has 0 unspecified atom stereocenters. The van der Waals surface area contributed by atoms with E-state index in [4.69, 9.17) is 9.84 Å². The fourth-order valence-electron chi connectivity index (χ4n) is 2.27. The maximum absolute atomic E-state index is 13.6. The smallest absolute Gasteiger partial charge is 0.303 e. The van der Waals surface area contributed by atoms with Crippen LogP contribution >= 0.6 is 0 Å². The largest absolute Gasteiger partial charge is 0.489 e. The van der Waals surface area contributed by atoms with E-state index in [2.05, 4.69) is 5.32 Å². The van der Waals surface area contributed by atoms with Gasteiger partial charge in [-0.1, -0.05) is 36.4 Å². The number of nitrogens with one attached hydrogen (secondary N) is 1. The Kier molecular flexibility index (Phi) is 6.95. The molecule has 0 fully saturated rings. The molecule has 0 atom stereocenters. The minimum absolute atomic E-state index is 0.0409. The maximum Gasteiger partial charge on any atom is 0.303 e. The molecule has 25 heavy (non-hydrogen) atoms. The van der Waals surface area contributed by atoms with Crippen molar-refractivity contribution in [2.24, 2.45) is 0 Å². The van der Waals surface area contributed by atoms with Crippen molar-refractivity contribution in [3.8, 4) is 5.75 Å². The second-order valence-electron chi connectivity index (χ2n) is 5.48. The summed E-state index contributed by atoms with van der Waals surface area (Å²) in [5, 5.41) is 11.2. The molecule has 1 amide bonds. The molecule has 0 bridgehead atoms. The second-order valence-corrected chi connectivity index (χ2v) is 5.48. The lowest BCUT2D eigenvalue weighted by atomic mass is 10.1. The standard InChI is InChI=1S/C19H20FNO4/c20-16-7-3-1-6-15(16)13-25-17-8-4-2-5-14(17)11-12-21-18(22)9-10-19(23)24/h1-8H,9-13H2,(H,21,22)(H,23,24). The van der Waals surface area contributed by atoms with Crippen LogP contribution in [0.2, 0.25) is 0 Å². The van der Waals surface area contributed by atoms with Gasteiger partial charge in [-0.2, -0.15) is 0 Å². The van der Waals surface area contributed by atoms with Gasteiger partial charge < -0.3 is 15.2 Å². The van der Waals surface area contributed by atoms with Crippen molar-refractivity contribution in [2.45, 2.75) is 25.9 Å². The fraction of sp³-hybridized carbons (Fsp3) is 0.263. The predicted octanol–water partition coefficient (Wildman–Crippen LogP) is 2.93. The first-order chi connectivity index (χ1) is 12.1. The summed E-state index contributed by atoms with van der Waals surface area (Å²) >= 11 is 0.